The number of nitrogens with zero attached hydrogens (tertiary/aromatic N) is 2. The number of carboxylic acids is 1. The normalized spacial score (nSPS) is 15.5. The summed E-state index contributed by atoms with van der Waals surface area (Å²) in [5, 5.41) is 18.4. The van der Waals surface area contributed by atoms with Gasteiger partial charge in [0.2, 0.25) is 0 Å². The van der Waals surface area contributed by atoms with E-state index in [2.05, 4.69) is 0 Å². The Morgan fingerprint density at radius 1 is 1.27 bits per heavy atom. The fraction of sp³-hybridized carbons (Fsp3) is 0.294. The van der Waals surface area contributed by atoms with Crippen molar-refractivity contribution < 1.29 is 23.1 Å². The summed E-state index contributed by atoms with van der Waals surface area (Å²) >= 11 is 11.7. The lowest BCUT2D eigenvalue weighted by Gasteiger charge is -2.19. The molecular formula is C17H11Cl2F3N2O2. The quantitative estimate of drug-likeness (QED) is 0.762. The summed E-state index contributed by atoms with van der Waals surface area (Å²) in [6.07, 6.45) is -4.32. The van der Waals surface area contributed by atoms with Crippen LogP contribution in [0.15, 0.2) is 24.3 Å². The third kappa shape index (κ3) is 3.04. The molecule has 0 bridgehead atoms. The zero-order chi connectivity index (χ0) is 19.3. The molecule has 26 heavy (non-hydrogen) atoms. The molecule has 1 heterocycles. The second-order valence-electron chi connectivity index (χ2n) is 6.17. The van der Waals surface area contributed by atoms with Gasteiger partial charge in [-0.3, -0.25) is 4.79 Å². The van der Waals surface area contributed by atoms with Gasteiger partial charge in [0.05, 0.1) is 21.7 Å². The average molecular weight is 403 g/mol. The van der Waals surface area contributed by atoms with Crippen molar-refractivity contribution in [1.29, 1.82) is 5.26 Å². The molecule has 1 aliphatic rings. The first-order chi connectivity index (χ1) is 12.1. The SMILES string of the molecule is N#Cc1c(Cl)c(C(F)(F)F)n(CC2(C(=O)O)CC2)c1-c1ccc(Cl)cc1. The lowest BCUT2D eigenvalue weighted by atomic mass is 10.1. The highest BCUT2D eigenvalue weighted by Crippen LogP contribution is 2.51. The molecule has 1 aromatic carbocycles. The second-order valence-corrected chi connectivity index (χ2v) is 6.99. The third-order valence-electron chi connectivity index (χ3n) is 4.47. The fourth-order valence-electron chi connectivity index (χ4n) is 2.93. The Morgan fingerprint density at radius 2 is 1.85 bits per heavy atom. The van der Waals surface area contributed by atoms with E-state index >= 15 is 0 Å². The molecule has 3 rings (SSSR count). The standard InChI is InChI=1S/C17H11Cl2F3N2O2/c18-10-3-1-9(2-4-10)13-11(7-23)12(19)14(17(20,21)22)24(13)8-16(5-6-16)15(25)26/h1-4H,5-6,8H2,(H,25,26). The molecule has 1 N–H and O–H groups in total. The number of carbonyl (C=O) groups is 1. The van der Waals surface area contributed by atoms with E-state index < -0.39 is 34.8 Å². The van der Waals surface area contributed by atoms with Crippen LogP contribution >= 0.6 is 23.2 Å². The van der Waals surface area contributed by atoms with Crippen molar-refractivity contribution in [2.24, 2.45) is 5.41 Å². The molecule has 0 atom stereocenters. The number of aliphatic carboxylic acids is 1. The summed E-state index contributed by atoms with van der Waals surface area (Å²) in [5.74, 6) is -1.17. The zero-order valence-electron chi connectivity index (χ0n) is 13.1. The van der Waals surface area contributed by atoms with E-state index in [1.807, 2.05) is 0 Å². The van der Waals surface area contributed by atoms with Gasteiger partial charge in [-0.25, -0.2) is 0 Å². The zero-order valence-corrected chi connectivity index (χ0v) is 14.6. The Hall–Kier alpha value is -2.17. The monoisotopic (exact) mass is 402 g/mol. The minimum Gasteiger partial charge on any atom is -0.481 e. The van der Waals surface area contributed by atoms with Gasteiger partial charge in [0, 0.05) is 11.6 Å². The summed E-state index contributed by atoms with van der Waals surface area (Å²) < 4.78 is 41.7. The molecule has 9 heteroatoms. The summed E-state index contributed by atoms with van der Waals surface area (Å²) in [6, 6.07) is 7.59. The summed E-state index contributed by atoms with van der Waals surface area (Å²) in [6.45, 7) is -0.420. The number of hydrogen-bond acceptors (Lipinski definition) is 2. The highest BCUT2D eigenvalue weighted by Gasteiger charge is 2.53. The van der Waals surface area contributed by atoms with E-state index in [1.165, 1.54) is 24.3 Å². The van der Waals surface area contributed by atoms with Crippen LogP contribution in [0.4, 0.5) is 13.2 Å². The molecule has 0 saturated heterocycles. The van der Waals surface area contributed by atoms with Crippen LogP contribution in [0.25, 0.3) is 11.3 Å². The maximum atomic E-state index is 13.6. The number of carboxylic acid groups (broad SMARTS) is 1. The van der Waals surface area contributed by atoms with Crippen molar-refractivity contribution in [2.45, 2.75) is 25.6 Å². The van der Waals surface area contributed by atoms with Crippen LogP contribution in [0, 0.1) is 16.7 Å². The predicted molar refractivity (Wildman–Crippen MR) is 88.9 cm³/mol. The van der Waals surface area contributed by atoms with Crippen LogP contribution in [0.1, 0.15) is 24.1 Å². The molecule has 1 aliphatic carbocycles. The molecule has 1 fully saturated rings. The van der Waals surface area contributed by atoms with Crippen LogP contribution in [-0.4, -0.2) is 15.6 Å². The summed E-state index contributed by atoms with van der Waals surface area (Å²) in [4.78, 5) is 11.5. The molecule has 0 unspecified atom stereocenters. The van der Waals surface area contributed by atoms with Crippen molar-refractivity contribution in [1.82, 2.24) is 4.57 Å². The highest BCUT2D eigenvalue weighted by atomic mass is 35.5. The van der Waals surface area contributed by atoms with Gasteiger partial charge in [-0.15, -0.1) is 0 Å². The first-order valence-electron chi connectivity index (χ1n) is 7.49. The number of hydrogen-bond donors (Lipinski definition) is 1. The first-order valence-corrected chi connectivity index (χ1v) is 8.25. The van der Waals surface area contributed by atoms with E-state index in [9.17, 15) is 28.3 Å². The van der Waals surface area contributed by atoms with Gasteiger partial charge in [-0.1, -0.05) is 35.3 Å². The van der Waals surface area contributed by atoms with E-state index in [0.29, 0.717) is 10.6 Å². The second kappa shape index (κ2) is 6.22. The molecule has 1 aromatic heterocycles. The molecule has 1 saturated carbocycles. The third-order valence-corrected chi connectivity index (χ3v) is 5.09. The largest absolute Gasteiger partial charge is 0.481 e. The molecule has 0 spiro atoms. The number of benzene rings is 1. The van der Waals surface area contributed by atoms with Gasteiger partial charge >= 0.3 is 12.1 Å². The summed E-state index contributed by atoms with van der Waals surface area (Å²) in [5.41, 5.74) is -2.61. The number of alkyl halides is 3. The Morgan fingerprint density at radius 3 is 2.27 bits per heavy atom. The van der Waals surface area contributed by atoms with Crippen molar-refractivity contribution >= 4 is 29.2 Å². The van der Waals surface area contributed by atoms with E-state index in [1.54, 1.807) is 6.07 Å². The van der Waals surface area contributed by atoms with Gasteiger partial charge in [-0.05, 0) is 30.5 Å². The number of rotatable bonds is 4. The van der Waals surface area contributed by atoms with Gasteiger partial charge in [0.1, 0.15) is 11.8 Å². The molecule has 0 aliphatic heterocycles. The molecule has 4 nitrogen and oxygen atoms in total. The molecular weight excluding hydrogens is 392 g/mol. The van der Waals surface area contributed by atoms with Gasteiger partial charge in [0.15, 0.2) is 0 Å². The lowest BCUT2D eigenvalue weighted by molar-refractivity contribution is -0.148. The van der Waals surface area contributed by atoms with Crippen molar-refractivity contribution in [3.8, 4) is 17.3 Å². The van der Waals surface area contributed by atoms with Gasteiger partial charge < -0.3 is 9.67 Å². The first kappa shape index (κ1) is 18.6. The molecule has 0 radical (unpaired) electrons. The minimum absolute atomic E-state index is 0.0611. The maximum Gasteiger partial charge on any atom is 0.432 e. The van der Waals surface area contributed by atoms with Crippen molar-refractivity contribution in [2.75, 3.05) is 0 Å². The van der Waals surface area contributed by atoms with E-state index in [0.717, 1.165) is 4.57 Å². The Labute approximate surface area is 156 Å². The molecule has 0 amide bonds. The van der Waals surface area contributed by atoms with Gasteiger partial charge in [0.25, 0.3) is 0 Å². The topological polar surface area (TPSA) is 66.0 Å². The fourth-order valence-corrected chi connectivity index (χ4v) is 3.39. The Balaban J connectivity index is 2.29. The van der Waals surface area contributed by atoms with Crippen LogP contribution in [0.5, 0.6) is 0 Å². The highest BCUT2D eigenvalue weighted by molar-refractivity contribution is 6.33. The van der Waals surface area contributed by atoms with E-state index in [4.69, 9.17) is 23.2 Å². The van der Waals surface area contributed by atoms with Gasteiger partial charge in [-0.2, -0.15) is 18.4 Å². The van der Waals surface area contributed by atoms with Crippen LogP contribution in [-0.2, 0) is 17.5 Å². The van der Waals surface area contributed by atoms with Crippen molar-refractivity contribution in [3.63, 3.8) is 0 Å². The number of halogens is 5. The molecule has 2 aromatic rings. The Bertz CT molecular complexity index is 923. The van der Waals surface area contributed by atoms with Crippen LogP contribution < -0.4 is 0 Å². The maximum absolute atomic E-state index is 13.6. The van der Waals surface area contributed by atoms with Crippen molar-refractivity contribution in [3.05, 3.63) is 45.6 Å². The number of nitriles is 1. The average Bonchev–Trinajstić information content (AvgIpc) is 3.26. The number of aromatic nitrogens is 1. The molecule has 136 valence electrons. The minimum atomic E-state index is -4.85. The Kier molecular flexibility index (Phi) is 4.45. The summed E-state index contributed by atoms with van der Waals surface area (Å²) in [7, 11) is 0. The van der Waals surface area contributed by atoms with Crippen LogP contribution in [0.3, 0.4) is 0 Å². The smallest absolute Gasteiger partial charge is 0.432 e. The van der Waals surface area contributed by atoms with Crippen LogP contribution in [0.2, 0.25) is 10.0 Å². The predicted octanol–water partition coefficient (Wildman–Crippen LogP) is 5.22. The van der Waals surface area contributed by atoms with E-state index in [-0.39, 0.29) is 24.1 Å². The lowest BCUT2D eigenvalue weighted by Crippen LogP contribution is -2.25.